The van der Waals surface area contributed by atoms with E-state index in [0.717, 1.165) is 51.4 Å². The molecule has 382 valence electrons. The van der Waals surface area contributed by atoms with E-state index in [1.165, 1.54) is 186 Å². The number of rotatable bonds is 51. The monoisotopic (exact) mass is 919 g/mol. The van der Waals surface area contributed by atoms with E-state index in [2.05, 4.69) is 38.2 Å². The van der Waals surface area contributed by atoms with Crippen molar-refractivity contribution in [1.82, 2.24) is 0 Å². The van der Waals surface area contributed by atoms with E-state index in [-0.39, 0.29) is 36.2 Å². The van der Waals surface area contributed by atoms with Gasteiger partial charge >= 0.3 is 17.9 Å². The van der Waals surface area contributed by atoms with Crippen LogP contribution in [0.3, 0.4) is 0 Å². The molecule has 8 heteroatoms. The zero-order valence-electron chi connectivity index (χ0n) is 43.7. The van der Waals surface area contributed by atoms with Crippen LogP contribution in [0.2, 0.25) is 0 Å². The van der Waals surface area contributed by atoms with E-state index in [1.54, 1.807) is 0 Å². The van der Waals surface area contributed by atoms with Crippen LogP contribution >= 0.6 is 0 Å². The van der Waals surface area contributed by atoms with Crippen molar-refractivity contribution in [3.05, 3.63) is 24.3 Å². The van der Waals surface area contributed by atoms with E-state index >= 15 is 0 Å². The van der Waals surface area contributed by atoms with Gasteiger partial charge < -0.3 is 23.8 Å². The second-order valence-corrected chi connectivity index (χ2v) is 20.2. The minimum atomic E-state index is -0.870. The molecule has 0 aromatic heterocycles. The summed E-state index contributed by atoms with van der Waals surface area (Å²) in [6.45, 7) is 4.69. The lowest BCUT2D eigenvalue weighted by Gasteiger charge is -2.31. The van der Waals surface area contributed by atoms with Gasteiger partial charge in [0.1, 0.15) is 6.61 Å². The summed E-state index contributed by atoms with van der Waals surface area (Å²) in [5, 5.41) is 9.67. The largest absolute Gasteiger partial charge is 0.477 e. The normalized spacial score (nSPS) is 12.9. The average Bonchev–Trinajstić information content (AvgIpc) is 3.27. The number of hydrogen-bond donors (Lipinski definition) is 1. The summed E-state index contributed by atoms with van der Waals surface area (Å²) in [6, 6.07) is -0.612. The molecule has 0 fully saturated rings. The Bertz CT molecular complexity index is 1120. The van der Waals surface area contributed by atoms with E-state index in [0.29, 0.717) is 19.3 Å². The average molecular weight is 919 g/mol. The van der Waals surface area contributed by atoms with Crippen molar-refractivity contribution in [2.24, 2.45) is 0 Å². The fourth-order valence-electron chi connectivity index (χ4n) is 8.60. The standard InChI is InChI=1S/C57H107NO7/c1-6-8-10-12-14-16-18-20-22-24-26-28-30-32-34-36-38-40-42-44-46-48-56(60)65-53(51-63-50-49-54(57(61)62)58(3,4)5)52-64-55(59)47-45-43-41-39-37-35-33-31-29-27-25-23-21-19-17-15-13-11-9-7-2/h8,10,14,16,53-54H,6-7,9,11-13,15,17-52H2,1-5H3/p+1/b10-8+,16-14+. The summed E-state index contributed by atoms with van der Waals surface area (Å²) in [7, 11) is 5.55. The van der Waals surface area contributed by atoms with Crippen molar-refractivity contribution in [2.75, 3.05) is 41.0 Å². The number of carbonyl (C=O) groups excluding carboxylic acids is 2. The molecule has 0 aliphatic rings. The number of allylic oxidation sites excluding steroid dienone is 4. The molecule has 0 heterocycles. The van der Waals surface area contributed by atoms with Crippen LogP contribution in [-0.4, -0.2) is 80.6 Å². The predicted octanol–water partition coefficient (Wildman–Crippen LogP) is 16.4. The van der Waals surface area contributed by atoms with Crippen LogP contribution in [0, 0.1) is 0 Å². The van der Waals surface area contributed by atoms with Gasteiger partial charge in [-0.15, -0.1) is 0 Å². The number of quaternary nitrogens is 1. The van der Waals surface area contributed by atoms with Crippen LogP contribution in [0.25, 0.3) is 0 Å². The quantitative estimate of drug-likeness (QED) is 0.0281. The maximum absolute atomic E-state index is 12.8. The van der Waals surface area contributed by atoms with E-state index < -0.39 is 18.1 Å². The van der Waals surface area contributed by atoms with Gasteiger partial charge in [-0.3, -0.25) is 9.59 Å². The SMILES string of the molecule is CC/C=C/C/C=C/CCCCCCCCCCCCCCCCC(=O)OC(COCCC(C(=O)O)[N+](C)(C)C)COC(=O)CCCCCCCCCCCCCCCCCCCCCC. The maximum atomic E-state index is 12.8. The molecule has 0 spiro atoms. The molecule has 8 nitrogen and oxygen atoms in total. The molecule has 2 unspecified atom stereocenters. The fourth-order valence-corrected chi connectivity index (χ4v) is 8.60. The fraction of sp³-hybridized carbons (Fsp3) is 0.877. The molecule has 0 aromatic carbocycles. The van der Waals surface area contributed by atoms with Crippen molar-refractivity contribution in [3.8, 4) is 0 Å². The molecule has 2 atom stereocenters. The minimum absolute atomic E-state index is 0.0447. The van der Waals surface area contributed by atoms with Gasteiger partial charge in [0.25, 0.3) is 0 Å². The van der Waals surface area contributed by atoms with Gasteiger partial charge in [-0.05, 0) is 38.5 Å². The van der Waals surface area contributed by atoms with Crippen LogP contribution in [0.4, 0.5) is 0 Å². The molecule has 0 bridgehead atoms. The molecule has 0 saturated heterocycles. The van der Waals surface area contributed by atoms with Crippen molar-refractivity contribution in [3.63, 3.8) is 0 Å². The van der Waals surface area contributed by atoms with Gasteiger partial charge in [0.2, 0.25) is 0 Å². The highest BCUT2D eigenvalue weighted by atomic mass is 16.6. The Morgan fingerprint density at radius 1 is 0.477 bits per heavy atom. The number of carbonyl (C=O) groups is 3. The Labute approximate surface area is 402 Å². The van der Waals surface area contributed by atoms with Gasteiger partial charge in [-0.2, -0.15) is 0 Å². The highest BCUT2D eigenvalue weighted by Crippen LogP contribution is 2.17. The molecule has 0 aliphatic heterocycles. The van der Waals surface area contributed by atoms with E-state index in [9.17, 15) is 19.5 Å². The highest BCUT2D eigenvalue weighted by molar-refractivity contribution is 5.72. The third kappa shape index (κ3) is 46.7. The number of esters is 2. The van der Waals surface area contributed by atoms with Crippen molar-refractivity contribution in [2.45, 2.75) is 283 Å². The number of carboxylic acid groups (broad SMARTS) is 1. The third-order valence-electron chi connectivity index (χ3n) is 12.9. The molecule has 65 heavy (non-hydrogen) atoms. The summed E-state index contributed by atoms with van der Waals surface area (Å²) >= 11 is 0. The van der Waals surface area contributed by atoms with Crippen LogP contribution in [0.1, 0.15) is 271 Å². The topological polar surface area (TPSA) is 99.1 Å². The first-order chi connectivity index (χ1) is 31.6. The summed E-state index contributed by atoms with van der Waals surface area (Å²) in [6.07, 6.45) is 56.6. The highest BCUT2D eigenvalue weighted by Gasteiger charge is 2.31. The number of hydrogen-bond acceptors (Lipinski definition) is 6. The summed E-state index contributed by atoms with van der Waals surface area (Å²) in [5.74, 6) is -1.44. The first-order valence-electron chi connectivity index (χ1n) is 27.9. The molecule has 0 aromatic rings. The summed E-state index contributed by atoms with van der Waals surface area (Å²) in [5.41, 5.74) is 0. The van der Waals surface area contributed by atoms with Gasteiger partial charge in [-0.1, -0.05) is 237 Å². The summed E-state index contributed by atoms with van der Waals surface area (Å²) < 4.78 is 17.4. The number of likely N-dealkylation sites (N-methyl/N-ethyl adjacent to an activating group) is 1. The molecule has 1 N–H and O–H groups in total. The number of aliphatic carboxylic acids is 1. The lowest BCUT2D eigenvalue weighted by Crippen LogP contribution is -2.50. The van der Waals surface area contributed by atoms with Gasteiger partial charge in [0, 0.05) is 19.3 Å². The van der Waals surface area contributed by atoms with Crippen LogP contribution in [0.5, 0.6) is 0 Å². The van der Waals surface area contributed by atoms with Gasteiger partial charge in [0.05, 0.1) is 34.4 Å². The minimum Gasteiger partial charge on any atom is -0.477 e. The Morgan fingerprint density at radius 2 is 0.862 bits per heavy atom. The Kier molecular flexibility index (Phi) is 46.6. The molecule has 0 rings (SSSR count). The Balaban J connectivity index is 4.14. The molecule has 0 amide bonds. The van der Waals surface area contributed by atoms with Crippen LogP contribution < -0.4 is 0 Å². The molecular formula is C57H108NO7+. The zero-order valence-corrected chi connectivity index (χ0v) is 43.7. The molecule has 0 saturated carbocycles. The number of ether oxygens (including phenoxy) is 3. The zero-order chi connectivity index (χ0) is 47.7. The number of carboxylic acids is 1. The van der Waals surface area contributed by atoms with Crippen LogP contribution in [-0.2, 0) is 28.6 Å². The molecule has 0 aliphatic carbocycles. The molecule has 0 radical (unpaired) electrons. The lowest BCUT2D eigenvalue weighted by atomic mass is 10.0. The number of unbranched alkanes of at least 4 members (excludes halogenated alkanes) is 33. The Hall–Kier alpha value is -2.19. The number of nitrogens with zero attached hydrogens (tertiary/aromatic N) is 1. The van der Waals surface area contributed by atoms with Gasteiger partial charge in [-0.25, -0.2) is 4.79 Å². The summed E-state index contributed by atoms with van der Waals surface area (Å²) in [4.78, 5) is 37.2. The van der Waals surface area contributed by atoms with E-state index in [4.69, 9.17) is 14.2 Å². The van der Waals surface area contributed by atoms with Crippen molar-refractivity contribution < 1.29 is 38.2 Å². The smallest absolute Gasteiger partial charge is 0.362 e. The third-order valence-corrected chi connectivity index (χ3v) is 12.9. The lowest BCUT2D eigenvalue weighted by molar-refractivity contribution is -0.887. The van der Waals surface area contributed by atoms with Crippen LogP contribution in [0.15, 0.2) is 24.3 Å². The first-order valence-corrected chi connectivity index (χ1v) is 27.9. The van der Waals surface area contributed by atoms with Crippen molar-refractivity contribution >= 4 is 17.9 Å². The molecular weight excluding hydrogens is 811 g/mol. The van der Waals surface area contributed by atoms with Crippen molar-refractivity contribution in [1.29, 1.82) is 0 Å². The predicted molar refractivity (Wildman–Crippen MR) is 275 cm³/mol. The van der Waals surface area contributed by atoms with E-state index in [1.807, 2.05) is 21.1 Å². The first kappa shape index (κ1) is 62.8. The van der Waals surface area contributed by atoms with Gasteiger partial charge in [0.15, 0.2) is 12.1 Å². The second kappa shape index (κ2) is 48.3. The Morgan fingerprint density at radius 3 is 1.26 bits per heavy atom. The maximum Gasteiger partial charge on any atom is 0.362 e. The second-order valence-electron chi connectivity index (χ2n) is 20.2.